The molecule has 17 heavy (non-hydrogen) atoms. The molecule has 2 atom stereocenters. The number of carbonyl (C=O) groups excluding carboxylic acids is 2. The zero-order chi connectivity index (χ0) is 13.0. The fourth-order valence-corrected chi connectivity index (χ4v) is 1.24. The molecule has 0 aliphatic heterocycles. The van der Waals surface area contributed by atoms with E-state index in [2.05, 4.69) is 9.84 Å². The first-order valence-corrected chi connectivity index (χ1v) is 5.23. The summed E-state index contributed by atoms with van der Waals surface area (Å²) in [4.78, 5) is 22.9. The molecule has 0 amide bonds. The lowest BCUT2D eigenvalue weighted by Gasteiger charge is -2.17. The molecule has 6 nitrogen and oxygen atoms in total. The van der Waals surface area contributed by atoms with Crippen molar-refractivity contribution in [3.05, 3.63) is 18.0 Å². The summed E-state index contributed by atoms with van der Waals surface area (Å²) in [6.45, 7) is 3.29. The Morgan fingerprint density at radius 2 is 2.06 bits per heavy atom. The Hall–Kier alpha value is -1.85. The molecule has 0 aliphatic rings. The van der Waals surface area contributed by atoms with Gasteiger partial charge in [-0.1, -0.05) is 0 Å². The number of hydrogen-bond donors (Lipinski definition) is 0. The third kappa shape index (κ3) is 3.30. The van der Waals surface area contributed by atoms with Gasteiger partial charge in [0.15, 0.2) is 0 Å². The highest BCUT2D eigenvalue weighted by atomic mass is 16.6. The fraction of sp³-hybridized carbons (Fsp3) is 0.545. The molecule has 0 radical (unpaired) electrons. The van der Waals surface area contributed by atoms with Crippen LogP contribution in [-0.2, 0) is 21.3 Å². The molecule has 94 valence electrons. The van der Waals surface area contributed by atoms with E-state index in [-0.39, 0.29) is 0 Å². The molecule has 0 saturated carbocycles. The Kier molecular flexibility index (Phi) is 4.25. The van der Waals surface area contributed by atoms with Gasteiger partial charge in [-0.3, -0.25) is 9.48 Å². The number of carbonyl (C=O) groups is 2. The van der Waals surface area contributed by atoms with Crippen molar-refractivity contribution in [2.24, 2.45) is 13.0 Å². The van der Waals surface area contributed by atoms with Crippen molar-refractivity contribution in [3.63, 3.8) is 0 Å². The first-order valence-electron chi connectivity index (χ1n) is 5.23. The van der Waals surface area contributed by atoms with Gasteiger partial charge in [0.05, 0.1) is 24.8 Å². The maximum Gasteiger partial charge on any atom is 0.341 e. The number of aryl methyl sites for hydroxylation is 1. The van der Waals surface area contributed by atoms with Crippen LogP contribution in [0.4, 0.5) is 0 Å². The van der Waals surface area contributed by atoms with Gasteiger partial charge in [0.25, 0.3) is 0 Å². The second-order valence-corrected chi connectivity index (χ2v) is 3.82. The Balaban J connectivity index is 2.60. The van der Waals surface area contributed by atoms with Crippen LogP contribution in [0.25, 0.3) is 0 Å². The zero-order valence-electron chi connectivity index (χ0n) is 10.3. The summed E-state index contributed by atoms with van der Waals surface area (Å²) in [7, 11) is 3.01. The van der Waals surface area contributed by atoms with Gasteiger partial charge in [0, 0.05) is 13.2 Å². The molecule has 0 aliphatic carbocycles. The lowest BCUT2D eigenvalue weighted by molar-refractivity contribution is -0.148. The van der Waals surface area contributed by atoms with Crippen LogP contribution in [0.15, 0.2) is 12.4 Å². The van der Waals surface area contributed by atoms with Crippen LogP contribution in [0, 0.1) is 5.92 Å². The van der Waals surface area contributed by atoms with Crippen molar-refractivity contribution in [2.45, 2.75) is 20.0 Å². The van der Waals surface area contributed by atoms with Crippen LogP contribution in [0.2, 0.25) is 0 Å². The molecule has 0 saturated heterocycles. The monoisotopic (exact) mass is 240 g/mol. The molecule has 1 heterocycles. The molecule has 0 spiro atoms. The molecule has 0 bridgehead atoms. The fourth-order valence-electron chi connectivity index (χ4n) is 1.24. The Morgan fingerprint density at radius 3 is 2.53 bits per heavy atom. The van der Waals surface area contributed by atoms with E-state index in [1.807, 2.05) is 0 Å². The third-order valence-corrected chi connectivity index (χ3v) is 2.51. The van der Waals surface area contributed by atoms with E-state index in [0.29, 0.717) is 5.56 Å². The van der Waals surface area contributed by atoms with Crippen LogP contribution in [-0.4, -0.2) is 34.9 Å². The topological polar surface area (TPSA) is 70.4 Å². The first-order chi connectivity index (χ1) is 7.95. The van der Waals surface area contributed by atoms with Crippen LogP contribution < -0.4 is 0 Å². The molecular weight excluding hydrogens is 224 g/mol. The predicted molar refractivity (Wildman–Crippen MR) is 59.3 cm³/mol. The highest BCUT2D eigenvalue weighted by Gasteiger charge is 2.25. The van der Waals surface area contributed by atoms with Gasteiger partial charge < -0.3 is 9.47 Å². The summed E-state index contributed by atoms with van der Waals surface area (Å²) in [5.41, 5.74) is 0.358. The molecule has 1 rings (SSSR count). The van der Waals surface area contributed by atoms with Gasteiger partial charge >= 0.3 is 11.9 Å². The summed E-state index contributed by atoms with van der Waals surface area (Å²) in [6, 6.07) is 0. The highest BCUT2D eigenvalue weighted by molar-refractivity contribution is 5.89. The second kappa shape index (κ2) is 5.47. The third-order valence-electron chi connectivity index (χ3n) is 2.51. The van der Waals surface area contributed by atoms with Crippen molar-refractivity contribution >= 4 is 11.9 Å². The largest absolute Gasteiger partial charge is 0.469 e. The standard InChI is InChI=1S/C11H16N2O4/c1-7(10(14)16-4)8(2)17-11(15)9-5-12-13(3)6-9/h5-8H,1-4H3/t7-,8+/m0/s1. The summed E-state index contributed by atoms with van der Waals surface area (Å²) in [5, 5.41) is 3.87. The van der Waals surface area contributed by atoms with E-state index < -0.39 is 24.0 Å². The SMILES string of the molecule is COC(=O)[C@@H](C)[C@@H](C)OC(=O)c1cnn(C)c1. The number of rotatable bonds is 4. The van der Waals surface area contributed by atoms with E-state index in [9.17, 15) is 9.59 Å². The van der Waals surface area contributed by atoms with Crippen LogP contribution in [0.5, 0.6) is 0 Å². The van der Waals surface area contributed by atoms with E-state index in [1.54, 1.807) is 27.1 Å². The summed E-state index contributed by atoms with van der Waals surface area (Å²) in [5.74, 6) is -1.40. The molecule has 0 aromatic carbocycles. The summed E-state index contributed by atoms with van der Waals surface area (Å²) in [6.07, 6.45) is 2.42. The Labute approximate surface area is 99.5 Å². The van der Waals surface area contributed by atoms with E-state index in [4.69, 9.17) is 4.74 Å². The second-order valence-electron chi connectivity index (χ2n) is 3.82. The van der Waals surface area contributed by atoms with Gasteiger partial charge in [0.1, 0.15) is 6.10 Å². The van der Waals surface area contributed by atoms with Crippen molar-refractivity contribution in [1.82, 2.24) is 9.78 Å². The number of hydrogen-bond acceptors (Lipinski definition) is 5. The lowest BCUT2D eigenvalue weighted by Crippen LogP contribution is -2.28. The number of aromatic nitrogens is 2. The van der Waals surface area contributed by atoms with Crippen LogP contribution >= 0.6 is 0 Å². The van der Waals surface area contributed by atoms with E-state index >= 15 is 0 Å². The smallest absolute Gasteiger partial charge is 0.341 e. The summed E-state index contributed by atoms with van der Waals surface area (Å²) < 4.78 is 11.2. The Morgan fingerprint density at radius 1 is 1.41 bits per heavy atom. The molecule has 0 N–H and O–H groups in total. The molecule has 0 fully saturated rings. The van der Waals surface area contributed by atoms with Gasteiger partial charge in [-0.25, -0.2) is 4.79 Å². The van der Waals surface area contributed by atoms with Gasteiger partial charge in [-0.15, -0.1) is 0 Å². The number of methoxy groups -OCH3 is 1. The first kappa shape index (κ1) is 13.2. The molecule has 1 aromatic heterocycles. The van der Waals surface area contributed by atoms with Crippen molar-refractivity contribution in [2.75, 3.05) is 7.11 Å². The predicted octanol–water partition coefficient (Wildman–Crippen LogP) is 0.774. The normalized spacial score (nSPS) is 13.9. The Bertz CT molecular complexity index is 413. The average molecular weight is 240 g/mol. The van der Waals surface area contributed by atoms with Gasteiger partial charge in [-0.05, 0) is 13.8 Å². The molecule has 6 heteroatoms. The van der Waals surface area contributed by atoms with Crippen molar-refractivity contribution < 1.29 is 19.1 Å². The van der Waals surface area contributed by atoms with Crippen molar-refractivity contribution in [1.29, 1.82) is 0 Å². The molecular formula is C11H16N2O4. The maximum atomic E-state index is 11.7. The average Bonchev–Trinajstić information content (AvgIpc) is 2.73. The van der Waals surface area contributed by atoms with Gasteiger partial charge in [0.2, 0.25) is 0 Å². The minimum absolute atomic E-state index is 0.358. The zero-order valence-corrected chi connectivity index (χ0v) is 10.3. The van der Waals surface area contributed by atoms with Gasteiger partial charge in [-0.2, -0.15) is 5.10 Å². The molecule has 1 aromatic rings. The number of nitrogens with zero attached hydrogens (tertiary/aromatic N) is 2. The minimum Gasteiger partial charge on any atom is -0.469 e. The minimum atomic E-state index is -0.546. The van der Waals surface area contributed by atoms with Crippen LogP contribution in [0.1, 0.15) is 24.2 Å². The lowest BCUT2D eigenvalue weighted by atomic mass is 10.1. The summed E-state index contributed by atoms with van der Waals surface area (Å²) >= 11 is 0. The number of esters is 2. The van der Waals surface area contributed by atoms with E-state index in [0.717, 1.165) is 0 Å². The highest BCUT2D eigenvalue weighted by Crippen LogP contribution is 2.11. The number of ether oxygens (including phenoxy) is 2. The quantitative estimate of drug-likeness (QED) is 0.727. The maximum absolute atomic E-state index is 11.7. The molecule has 0 unspecified atom stereocenters. The van der Waals surface area contributed by atoms with Crippen LogP contribution in [0.3, 0.4) is 0 Å². The van der Waals surface area contributed by atoms with E-state index in [1.165, 1.54) is 18.0 Å². The van der Waals surface area contributed by atoms with Crippen molar-refractivity contribution in [3.8, 4) is 0 Å².